The molecule has 0 atom stereocenters. The summed E-state index contributed by atoms with van der Waals surface area (Å²) < 4.78 is 26.7. The highest BCUT2D eigenvalue weighted by molar-refractivity contribution is 7.89. The number of aryl methyl sites for hydroxylation is 1. The summed E-state index contributed by atoms with van der Waals surface area (Å²) in [6.45, 7) is 1.68. The number of aliphatic hydroxyl groups is 1. The van der Waals surface area contributed by atoms with Crippen molar-refractivity contribution in [3.63, 3.8) is 0 Å². The van der Waals surface area contributed by atoms with Gasteiger partial charge >= 0.3 is 0 Å². The maximum atomic E-state index is 12.7. The quantitative estimate of drug-likeness (QED) is 0.875. The van der Waals surface area contributed by atoms with E-state index in [2.05, 4.69) is 4.98 Å². The normalized spacial score (nSPS) is 11.8. The minimum atomic E-state index is -3.74. The van der Waals surface area contributed by atoms with E-state index >= 15 is 0 Å². The minimum Gasteiger partial charge on any atom is -0.395 e. The summed E-state index contributed by atoms with van der Waals surface area (Å²) >= 11 is 6.02. The molecule has 1 heterocycles. The monoisotopic (exact) mass is 340 g/mol. The average molecular weight is 341 g/mol. The van der Waals surface area contributed by atoms with Crippen LogP contribution in [0, 0.1) is 6.92 Å². The lowest BCUT2D eigenvalue weighted by Gasteiger charge is -2.21. The second-order valence-corrected chi connectivity index (χ2v) is 7.18. The van der Waals surface area contributed by atoms with Crippen molar-refractivity contribution in [2.75, 3.05) is 13.2 Å². The van der Waals surface area contributed by atoms with Crippen LogP contribution in [0.3, 0.4) is 0 Å². The number of hydrogen-bond acceptors (Lipinski definition) is 4. The van der Waals surface area contributed by atoms with E-state index in [1.165, 1.54) is 16.4 Å². The maximum absolute atomic E-state index is 12.7. The van der Waals surface area contributed by atoms with Crippen LogP contribution in [-0.2, 0) is 16.6 Å². The van der Waals surface area contributed by atoms with E-state index in [1.807, 2.05) is 0 Å². The number of sulfonamides is 1. The molecule has 0 fully saturated rings. The summed E-state index contributed by atoms with van der Waals surface area (Å²) in [6, 6.07) is 8.14. The van der Waals surface area contributed by atoms with Crippen LogP contribution in [-0.4, -0.2) is 36.0 Å². The second-order valence-electron chi connectivity index (χ2n) is 4.83. The molecule has 0 spiro atoms. The summed E-state index contributed by atoms with van der Waals surface area (Å²) in [6.07, 6.45) is 3.22. The molecule has 1 aromatic heterocycles. The van der Waals surface area contributed by atoms with Crippen LogP contribution in [0.4, 0.5) is 0 Å². The first kappa shape index (κ1) is 16.9. The van der Waals surface area contributed by atoms with Gasteiger partial charge in [0.15, 0.2) is 0 Å². The average Bonchev–Trinajstić information content (AvgIpc) is 2.50. The molecule has 1 N–H and O–H groups in total. The van der Waals surface area contributed by atoms with Gasteiger partial charge < -0.3 is 5.11 Å². The van der Waals surface area contributed by atoms with E-state index in [0.29, 0.717) is 5.02 Å². The Kier molecular flexibility index (Phi) is 5.52. The maximum Gasteiger partial charge on any atom is 0.243 e. The Hall–Kier alpha value is -1.47. The molecule has 118 valence electrons. The zero-order valence-corrected chi connectivity index (χ0v) is 13.7. The fourth-order valence-electron chi connectivity index (χ4n) is 1.97. The van der Waals surface area contributed by atoms with Crippen LogP contribution in [0.1, 0.15) is 11.1 Å². The number of nitrogens with zero attached hydrogens (tertiary/aromatic N) is 2. The fourth-order valence-corrected chi connectivity index (χ4v) is 3.67. The van der Waals surface area contributed by atoms with Crippen LogP contribution in [0.2, 0.25) is 5.02 Å². The smallest absolute Gasteiger partial charge is 0.243 e. The molecule has 5 nitrogen and oxygen atoms in total. The Bertz CT molecular complexity index is 736. The summed E-state index contributed by atoms with van der Waals surface area (Å²) in [7, 11) is -3.74. The summed E-state index contributed by atoms with van der Waals surface area (Å²) in [5, 5.41) is 9.57. The molecule has 22 heavy (non-hydrogen) atoms. The lowest BCUT2D eigenvalue weighted by atomic mass is 10.2. The molecule has 0 amide bonds. The molecule has 0 aliphatic carbocycles. The van der Waals surface area contributed by atoms with Crippen molar-refractivity contribution in [2.24, 2.45) is 0 Å². The third-order valence-electron chi connectivity index (χ3n) is 3.21. The van der Waals surface area contributed by atoms with Gasteiger partial charge in [0.2, 0.25) is 10.0 Å². The highest BCUT2D eigenvalue weighted by atomic mass is 35.5. The molecule has 0 aliphatic rings. The Labute approximate surface area is 135 Å². The van der Waals surface area contributed by atoms with Crippen molar-refractivity contribution >= 4 is 21.6 Å². The third-order valence-corrected chi connectivity index (χ3v) is 5.46. The number of aliphatic hydroxyl groups excluding tert-OH is 1. The van der Waals surface area contributed by atoms with E-state index < -0.39 is 10.0 Å². The van der Waals surface area contributed by atoms with Gasteiger partial charge in [0, 0.05) is 30.5 Å². The first-order chi connectivity index (χ1) is 10.4. The van der Waals surface area contributed by atoms with Gasteiger partial charge in [-0.3, -0.25) is 4.98 Å². The largest absolute Gasteiger partial charge is 0.395 e. The SMILES string of the molecule is Cc1ccc(S(=O)(=O)N(CCO)Cc2cccnc2)cc1Cl. The molecule has 0 saturated heterocycles. The number of hydrogen-bond donors (Lipinski definition) is 1. The summed E-state index contributed by atoms with van der Waals surface area (Å²) in [5.41, 5.74) is 1.55. The number of aromatic nitrogens is 1. The van der Waals surface area contributed by atoms with Crippen molar-refractivity contribution in [1.82, 2.24) is 9.29 Å². The van der Waals surface area contributed by atoms with Gasteiger partial charge in [-0.1, -0.05) is 23.7 Å². The van der Waals surface area contributed by atoms with Crippen molar-refractivity contribution in [1.29, 1.82) is 0 Å². The van der Waals surface area contributed by atoms with E-state index in [4.69, 9.17) is 11.6 Å². The highest BCUT2D eigenvalue weighted by Crippen LogP contribution is 2.23. The summed E-state index contributed by atoms with van der Waals surface area (Å²) in [4.78, 5) is 4.08. The molecule has 7 heteroatoms. The first-order valence-electron chi connectivity index (χ1n) is 6.71. The number of benzene rings is 1. The van der Waals surface area contributed by atoms with Crippen LogP contribution < -0.4 is 0 Å². The number of pyridine rings is 1. The lowest BCUT2D eigenvalue weighted by molar-refractivity contribution is 0.251. The fraction of sp³-hybridized carbons (Fsp3) is 0.267. The first-order valence-corrected chi connectivity index (χ1v) is 8.53. The van der Waals surface area contributed by atoms with E-state index in [9.17, 15) is 13.5 Å². The van der Waals surface area contributed by atoms with Crippen molar-refractivity contribution in [3.8, 4) is 0 Å². The van der Waals surface area contributed by atoms with Gasteiger partial charge in [-0.25, -0.2) is 8.42 Å². The van der Waals surface area contributed by atoms with Gasteiger partial charge in [0.1, 0.15) is 0 Å². The molecule has 0 aliphatic heterocycles. The molecule has 0 saturated carbocycles. The highest BCUT2D eigenvalue weighted by Gasteiger charge is 2.24. The standard InChI is InChI=1S/C15H17ClN2O3S/c1-12-4-5-14(9-15(12)16)22(20,21)18(7-8-19)11-13-3-2-6-17-10-13/h2-6,9-10,19H,7-8,11H2,1H3. The molecule has 0 radical (unpaired) electrons. The van der Waals surface area contributed by atoms with E-state index in [-0.39, 0.29) is 24.6 Å². The second kappa shape index (κ2) is 7.19. The lowest BCUT2D eigenvalue weighted by Crippen LogP contribution is -2.33. The minimum absolute atomic E-state index is 0.00270. The Balaban J connectivity index is 2.35. The third kappa shape index (κ3) is 3.84. The zero-order chi connectivity index (χ0) is 16.2. The molecule has 2 aromatic rings. The molecular weight excluding hydrogens is 324 g/mol. The topological polar surface area (TPSA) is 70.5 Å². The van der Waals surface area contributed by atoms with Crippen molar-refractivity contribution < 1.29 is 13.5 Å². The van der Waals surface area contributed by atoms with Gasteiger partial charge in [-0.15, -0.1) is 0 Å². The predicted octanol–water partition coefficient (Wildman–Crippen LogP) is 2.23. The van der Waals surface area contributed by atoms with Crippen molar-refractivity contribution in [2.45, 2.75) is 18.4 Å². The molecule has 1 aromatic carbocycles. The van der Waals surface area contributed by atoms with Gasteiger partial charge in [-0.05, 0) is 36.2 Å². The van der Waals surface area contributed by atoms with Gasteiger partial charge in [0.25, 0.3) is 0 Å². The van der Waals surface area contributed by atoms with Crippen molar-refractivity contribution in [3.05, 3.63) is 58.9 Å². The van der Waals surface area contributed by atoms with Crippen LogP contribution in [0.25, 0.3) is 0 Å². The van der Waals surface area contributed by atoms with Gasteiger partial charge in [0.05, 0.1) is 11.5 Å². The molecule has 0 bridgehead atoms. The number of halogens is 1. The zero-order valence-electron chi connectivity index (χ0n) is 12.1. The summed E-state index contributed by atoms with van der Waals surface area (Å²) in [5.74, 6) is 0. The molecule has 0 unspecified atom stereocenters. The van der Waals surface area contributed by atoms with Crippen LogP contribution in [0.15, 0.2) is 47.6 Å². The Morgan fingerprint density at radius 2 is 2.09 bits per heavy atom. The molecule has 2 rings (SSSR count). The number of rotatable bonds is 6. The van der Waals surface area contributed by atoms with E-state index in [0.717, 1.165) is 11.1 Å². The van der Waals surface area contributed by atoms with E-state index in [1.54, 1.807) is 37.5 Å². The van der Waals surface area contributed by atoms with Crippen LogP contribution in [0.5, 0.6) is 0 Å². The Morgan fingerprint density at radius 1 is 1.32 bits per heavy atom. The molecular formula is C15H17ClN2O3S. The Morgan fingerprint density at radius 3 is 2.68 bits per heavy atom. The van der Waals surface area contributed by atoms with Gasteiger partial charge in [-0.2, -0.15) is 4.31 Å². The predicted molar refractivity (Wildman–Crippen MR) is 85.1 cm³/mol. The van der Waals surface area contributed by atoms with Crippen LogP contribution >= 0.6 is 11.6 Å².